The summed E-state index contributed by atoms with van der Waals surface area (Å²) in [5, 5.41) is 0. The minimum Gasteiger partial charge on any atom is -0.266 e. The Morgan fingerprint density at radius 3 is 0.870 bits per heavy atom. The third-order valence-electron chi connectivity index (χ3n) is 1.67. The first-order valence-electron chi connectivity index (χ1n) is 7.62. The molecule has 0 bridgehead atoms. The van der Waals surface area contributed by atoms with Gasteiger partial charge in [0, 0.05) is 31.7 Å². The average Bonchev–Trinajstić information content (AvgIpc) is 3.05. The molecule has 0 amide bonds. The van der Waals surface area contributed by atoms with Gasteiger partial charge in [0.25, 0.3) is 0 Å². The number of nitrogens with zero attached hydrogens (tertiary/aromatic N) is 1. The molecule has 23 heavy (non-hydrogen) atoms. The van der Waals surface area contributed by atoms with Crippen LogP contribution in [-0.2, 0) is 26.2 Å². The molecular weight excluding hydrogens is 392 g/mol. The smallest absolute Gasteiger partial charge is 0.149 e. The Morgan fingerprint density at radius 2 is 0.826 bits per heavy atom. The van der Waals surface area contributed by atoms with Gasteiger partial charge in [0.15, 0.2) is 0 Å². The molecule has 2 aliphatic rings. The van der Waals surface area contributed by atoms with Crippen molar-refractivity contribution in [2.24, 2.45) is 0 Å². The Morgan fingerprint density at radius 1 is 0.652 bits per heavy atom. The topological polar surface area (TPSA) is 14.1 Å². The molecule has 2 aliphatic carbocycles. The van der Waals surface area contributed by atoms with E-state index in [4.69, 9.17) is 0 Å². The molecule has 4 heteroatoms. The van der Waals surface area contributed by atoms with Crippen molar-refractivity contribution >= 4 is 16.9 Å². The molecule has 0 spiro atoms. The zero-order valence-corrected chi connectivity index (χ0v) is 20.5. The van der Waals surface area contributed by atoms with Crippen LogP contribution in [0.4, 0.5) is 0 Å². The maximum Gasteiger partial charge on any atom is 0.149 e. The predicted molar refractivity (Wildman–Crippen MR) is 107 cm³/mol. The fourth-order valence-electron chi connectivity index (χ4n) is 1.31. The van der Waals surface area contributed by atoms with Crippen LogP contribution in [0.3, 0.4) is 0 Å². The van der Waals surface area contributed by atoms with Gasteiger partial charge in [-0.3, -0.25) is 4.98 Å². The minimum atomic E-state index is -0.367. The van der Waals surface area contributed by atoms with E-state index in [-0.39, 0.29) is 40.7 Å². The molecule has 1 nitrogen and oxygen atoms in total. The van der Waals surface area contributed by atoms with Crippen molar-refractivity contribution in [2.75, 3.05) is 20.0 Å². The molecule has 2 saturated carbocycles. The van der Waals surface area contributed by atoms with Crippen LogP contribution in [0.15, 0.2) is 0 Å². The molecule has 0 heterocycles. The van der Waals surface area contributed by atoms with Gasteiger partial charge in [-0.25, -0.2) is 0 Å². The molecule has 2 rings (SSSR count). The molecule has 0 saturated heterocycles. The van der Waals surface area contributed by atoms with E-state index in [9.17, 15) is 0 Å². The van der Waals surface area contributed by atoms with E-state index in [1.807, 2.05) is 64.2 Å². The van der Waals surface area contributed by atoms with E-state index in [0.29, 0.717) is 7.92 Å². The van der Waals surface area contributed by atoms with Crippen molar-refractivity contribution in [3.05, 3.63) is 64.2 Å². The Hall–Kier alpha value is 1.49. The van der Waals surface area contributed by atoms with Crippen LogP contribution in [0.25, 0.3) is 0 Å². The monoisotopic (exact) mass is 425 g/mol. The normalized spacial score (nSPS) is 16.4. The molecular formula is C19H34NPSiZr. The van der Waals surface area contributed by atoms with E-state index >= 15 is 0 Å². The average molecular weight is 427 g/mol. The van der Waals surface area contributed by atoms with Gasteiger partial charge in [-0.2, -0.15) is 0 Å². The molecule has 0 N–H and O–H groups in total. The molecule has 128 valence electrons. The Labute approximate surface area is 171 Å². The Balaban J connectivity index is -0.000000236. The maximum absolute atomic E-state index is 4.51. The summed E-state index contributed by atoms with van der Waals surface area (Å²) in [7, 11) is 0.0126. The number of hydrogen-bond donors (Lipinski definition) is 0. The van der Waals surface area contributed by atoms with Gasteiger partial charge < -0.3 is 0 Å². The fourth-order valence-corrected chi connectivity index (χ4v) is 2.65. The Kier molecular flexibility index (Phi) is 25.2. The summed E-state index contributed by atoms with van der Waals surface area (Å²) in [6.07, 6.45) is 20.0. The third kappa shape index (κ3) is 39.9. The molecule has 0 aliphatic heterocycles. The van der Waals surface area contributed by atoms with Crippen LogP contribution >= 0.6 is 7.92 Å². The van der Waals surface area contributed by atoms with Crippen LogP contribution in [0.2, 0.25) is 13.1 Å². The summed E-state index contributed by atoms with van der Waals surface area (Å²) < 4.78 is 0. The van der Waals surface area contributed by atoms with Gasteiger partial charge in [-0.15, -0.1) is 7.92 Å². The second-order valence-corrected chi connectivity index (χ2v) is 11.3. The van der Waals surface area contributed by atoms with E-state index < -0.39 is 0 Å². The Bertz CT molecular complexity index is 182. The summed E-state index contributed by atoms with van der Waals surface area (Å²) in [4.78, 5) is 4.51. The van der Waals surface area contributed by atoms with Gasteiger partial charge in [0.1, 0.15) is 8.96 Å². The summed E-state index contributed by atoms with van der Waals surface area (Å²) >= 11 is 0. The second kappa shape index (κ2) is 19.8. The molecule has 0 aromatic carbocycles. The molecule has 0 atom stereocenters. The van der Waals surface area contributed by atoms with Crippen LogP contribution in [0, 0.1) is 64.2 Å². The van der Waals surface area contributed by atoms with Crippen LogP contribution in [-0.4, -0.2) is 34.5 Å². The SMILES string of the molecule is CP(C)C.C[Si](C)[N]C(C)(C)C.[CH]1[CH][CH][CH][CH]1.[CH]1[CH][CH][CH][CH]1.[Zr]. The summed E-state index contributed by atoms with van der Waals surface area (Å²) in [5.74, 6) is 0. The van der Waals surface area contributed by atoms with Crippen LogP contribution < -0.4 is 4.98 Å². The summed E-state index contributed by atoms with van der Waals surface area (Å²) in [6.45, 7) is 17.5. The first-order chi connectivity index (χ1) is 10.1. The first-order valence-corrected chi connectivity index (χ1v) is 12.8. The van der Waals surface area contributed by atoms with Crippen molar-refractivity contribution in [2.45, 2.75) is 39.4 Å². The van der Waals surface area contributed by atoms with E-state index in [2.05, 4.69) is 58.8 Å². The fraction of sp³-hybridized carbons (Fsp3) is 0.474. The van der Waals surface area contributed by atoms with Crippen molar-refractivity contribution in [1.82, 2.24) is 4.98 Å². The standard InChI is InChI=1S/C6H15NSi.2C5H5.C3H9P.Zr/c1-6(2,3)7-8(4)5;2*1-2-4-5-3-1;1-4(2)3;/h1-5H3;2*1-5H;1-3H3;. The number of hydrogen-bond acceptors (Lipinski definition) is 0. The summed E-state index contributed by atoms with van der Waals surface area (Å²) in [6, 6.07) is 0. The zero-order valence-electron chi connectivity index (χ0n) is 16.2. The summed E-state index contributed by atoms with van der Waals surface area (Å²) in [5.41, 5.74) is 0.192. The zero-order chi connectivity index (χ0) is 17.4. The molecule has 0 aromatic heterocycles. The van der Waals surface area contributed by atoms with Crippen molar-refractivity contribution in [3.8, 4) is 0 Å². The van der Waals surface area contributed by atoms with Crippen molar-refractivity contribution < 1.29 is 26.2 Å². The largest absolute Gasteiger partial charge is 0.266 e. The molecule has 0 aromatic rings. The van der Waals surface area contributed by atoms with Gasteiger partial charge in [-0.05, 0) is 105 Å². The third-order valence-corrected chi connectivity index (χ3v) is 2.79. The first kappa shape index (κ1) is 29.3. The van der Waals surface area contributed by atoms with E-state index in [0.717, 1.165) is 0 Å². The predicted octanol–water partition coefficient (Wildman–Crippen LogP) is 5.04. The minimum absolute atomic E-state index is 0. The van der Waals surface area contributed by atoms with Gasteiger partial charge in [0.2, 0.25) is 0 Å². The number of rotatable bonds is 1. The second-order valence-electron chi connectivity index (χ2n) is 6.50. The van der Waals surface area contributed by atoms with Gasteiger partial charge >= 0.3 is 0 Å². The van der Waals surface area contributed by atoms with Gasteiger partial charge in [0.05, 0.1) is 0 Å². The molecule has 2 fully saturated rings. The van der Waals surface area contributed by atoms with E-state index in [1.54, 1.807) is 0 Å². The van der Waals surface area contributed by atoms with Crippen molar-refractivity contribution in [1.29, 1.82) is 0 Å². The van der Waals surface area contributed by atoms with Gasteiger partial charge in [-0.1, -0.05) is 13.1 Å². The quantitative estimate of drug-likeness (QED) is 0.412. The molecule has 12 radical (unpaired) electrons. The maximum atomic E-state index is 4.51. The van der Waals surface area contributed by atoms with Crippen LogP contribution in [0.5, 0.6) is 0 Å². The van der Waals surface area contributed by atoms with Crippen LogP contribution in [0.1, 0.15) is 20.8 Å². The molecule has 0 unspecified atom stereocenters. The van der Waals surface area contributed by atoms with Crippen molar-refractivity contribution in [3.63, 3.8) is 0 Å². The van der Waals surface area contributed by atoms with E-state index in [1.165, 1.54) is 0 Å².